The van der Waals surface area contributed by atoms with Crippen molar-refractivity contribution >= 4 is 5.97 Å². The third kappa shape index (κ3) is 3.71. The SMILES string of the molecule is COc1c(OC2CCN(C)C2)cccc1C(C)(C)CC(=O)O. The van der Waals surface area contributed by atoms with Gasteiger partial charge >= 0.3 is 5.97 Å². The summed E-state index contributed by atoms with van der Waals surface area (Å²) in [6.07, 6.45) is 1.18. The maximum atomic E-state index is 11.1. The number of carboxylic acids is 1. The molecule has 1 aromatic rings. The molecule has 1 atom stereocenters. The van der Waals surface area contributed by atoms with Crippen LogP contribution in [0.25, 0.3) is 0 Å². The van der Waals surface area contributed by atoms with Crippen LogP contribution < -0.4 is 9.47 Å². The number of nitrogens with zero attached hydrogens (tertiary/aromatic N) is 1. The number of benzene rings is 1. The van der Waals surface area contributed by atoms with Gasteiger partial charge in [0.25, 0.3) is 0 Å². The first-order valence-corrected chi connectivity index (χ1v) is 7.58. The molecule has 0 aliphatic carbocycles. The van der Waals surface area contributed by atoms with Gasteiger partial charge in [-0.3, -0.25) is 4.79 Å². The minimum absolute atomic E-state index is 0.0407. The zero-order valence-electron chi connectivity index (χ0n) is 13.8. The Kier molecular flexibility index (Phi) is 4.96. The maximum absolute atomic E-state index is 11.1. The predicted molar refractivity (Wildman–Crippen MR) is 84.8 cm³/mol. The molecule has 2 rings (SSSR count). The first-order chi connectivity index (χ1) is 10.3. The lowest BCUT2D eigenvalue weighted by atomic mass is 9.81. The third-order valence-electron chi connectivity index (χ3n) is 4.15. The summed E-state index contributed by atoms with van der Waals surface area (Å²) in [5.74, 6) is 0.512. The average molecular weight is 307 g/mol. The Labute approximate surface area is 131 Å². The zero-order chi connectivity index (χ0) is 16.3. The number of methoxy groups -OCH3 is 1. The van der Waals surface area contributed by atoms with Gasteiger partial charge in [0.05, 0.1) is 13.5 Å². The molecule has 1 aliphatic heterocycles. The Morgan fingerprint density at radius 1 is 1.45 bits per heavy atom. The molecular weight excluding hydrogens is 282 g/mol. The van der Waals surface area contributed by atoms with Crippen LogP contribution in [0.2, 0.25) is 0 Å². The summed E-state index contributed by atoms with van der Waals surface area (Å²) >= 11 is 0. The molecule has 1 heterocycles. The maximum Gasteiger partial charge on any atom is 0.304 e. The van der Waals surface area contributed by atoms with E-state index in [1.54, 1.807) is 7.11 Å². The molecule has 0 bridgehead atoms. The second-order valence-electron chi connectivity index (χ2n) is 6.58. The number of aliphatic carboxylic acids is 1. The van der Waals surface area contributed by atoms with Gasteiger partial charge in [0, 0.05) is 24.1 Å². The first-order valence-electron chi connectivity index (χ1n) is 7.58. The summed E-state index contributed by atoms with van der Waals surface area (Å²) in [7, 11) is 3.68. The minimum atomic E-state index is -0.823. The number of para-hydroxylation sites is 1. The van der Waals surface area contributed by atoms with E-state index in [9.17, 15) is 4.79 Å². The van der Waals surface area contributed by atoms with Crippen molar-refractivity contribution in [1.29, 1.82) is 0 Å². The van der Waals surface area contributed by atoms with Crippen LogP contribution in [0.3, 0.4) is 0 Å². The van der Waals surface area contributed by atoms with Crippen LogP contribution in [0.4, 0.5) is 0 Å². The normalized spacial score (nSPS) is 19.2. The Bertz CT molecular complexity index is 541. The van der Waals surface area contributed by atoms with Crippen molar-refractivity contribution in [1.82, 2.24) is 4.90 Å². The van der Waals surface area contributed by atoms with Crippen molar-refractivity contribution < 1.29 is 19.4 Å². The molecule has 1 N–H and O–H groups in total. The molecule has 1 unspecified atom stereocenters. The lowest BCUT2D eigenvalue weighted by molar-refractivity contribution is -0.138. The summed E-state index contributed by atoms with van der Waals surface area (Å²) in [5, 5.41) is 9.12. The van der Waals surface area contributed by atoms with Crippen LogP contribution in [0.15, 0.2) is 18.2 Å². The van der Waals surface area contributed by atoms with Crippen LogP contribution in [-0.2, 0) is 10.2 Å². The van der Waals surface area contributed by atoms with Crippen LogP contribution in [0.5, 0.6) is 11.5 Å². The van der Waals surface area contributed by atoms with Crippen molar-refractivity contribution in [3.8, 4) is 11.5 Å². The van der Waals surface area contributed by atoms with E-state index in [1.165, 1.54) is 0 Å². The Hall–Kier alpha value is -1.75. The topological polar surface area (TPSA) is 59.0 Å². The van der Waals surface area contributed by atoms with Crippen LogP contribution >= 0.6 is 0 Å². The van der Waals surface area contributed by atoms with Gasteiger partial charge in [-0.1, -0.05) is 26.0 Å². The molecule has 1 fully saturated rings. The number of ether oxygens (including phenoxy) is 2. The molecule has 1 saturated heterocycles. The fraction of sp³-hybridized carbons (Fsp3) is 0.588. The van der Waals surface area contributed by atoms with Crippen LogP contribution in [-0.4, -0.2) is 49.3 Å². The number of carbonyl (C=O) groups is 1. The Morgan fingerprint density at radius 2 is 2.18 bits per heavy atom. The van der Waals surface area contributed by atoms with Gasteiger partial charge < -0.3 is 19.5 Å². The standard InChI is InChI=1S/C17H25NO4/c1-17(2,10-15(19)20)13-6-5-7-14(16(13)21-4)22-12-8-9-18(3)11-12/h5-7,12H,8-11H2,1-4H3,(H,19,20). The number of rotatable bonds is 6. The number of likely N-dealkylation sites (N-methyl/N-ethyl adjacent to an activating group) is 1. The molecule has 5 nitrogen and oxygen atoms in total. The molecule has 1 aliphatic rings. The van der Waals surface area contributed by atoms with Gasteiger partial charge in [0.1, 0.15) is 6.10 Å². The molecule has 122 valence electrons. The van der Waals surface area contributed by atoms with Crippen molar-refractivity contribution in [2.45, 2.75) is 38.2 Å². The second kappa shape index (κ2) is 6.57. The molecule has 0 spiro atoms. The van der Waals surface area contributed by atoms with E-state index in [0.29, 0.717) is 11.5 Å². The smallest absolute Gasteiger partial charge is 0.304 e. The quantitative estimate of drug-likeness (QED) is 0.875. The van der Waals surface area contributed by atoms with E-state index >= 15 is 0 Å². The van der Waals surface area contributed by atoms with Crippen LogP contribution in [0.1, 0.15) is 32.3 Å². The Balaban J connectivity index is 2.28. The van der Waals surface area contributed by atoms with E-state index in [2.05, 4.69) is 11.9 Å². The van der Waals surface area contributed by atoms with Crippen molar-refractivity contribution in [2.75, 3.05) is 27.2 Å². The first kappa shape index (κ1) is 16.6. The summed E-state index contributed by atoms with van der Waals surface area (Å²) in [5.41, 5.74) is 0.337. The van der Waals surface area contributed by atoms with E-state index in [1.807, 2.05) is 32.0 Å². The minimum Gasteiger partial charge on any atom is -0.493 e. The van der Waals surface area contributed by atoms with Crippen molar-refractivity contribution in [3.63, 3.8) is 0 Å². The number of carboxylic acid groups (broad SMARTS) is 1. The number of hydrogen-bond acceptors (Lipinski definition) is 4. The number of likely N-dealkylation sites (tertiary alicyclic amines) is 1. The monoisotopic (exact) mass is 307 g/mol. The zero-order valence-corrected chi connectivity index (χ0v) is 13.8. The second-order valence-corrected chi connectivity index (χ2v) is 6.58. The van der Waals surface area contributed by atoms with Gasteiger partial charge in [-0.25, -0.2) is 0 Å². The highest BCUT2D eigenvalue weighted by molar-refractivity contribution is 5.69. The summed E-state index contributed by atoms with van der Waals surface area (Å²) in [6.45, 7) is 5.74. The molecule has 0 radical (unpaired) electrons. The highest BCUT2D eigenvalue weighted by Gasteiger charge is 2.30. The third-order valence-corrected chi connectivity index (χ3v) is 4.15. The Morgan fingerprint density at radius 3 is 2.73 bits per heavy atom. The van der Waals surface area contributed by atoms with Gasteiger partial charge in [-0.15, -0.1) is 0 Å². The fourth-order valence-corrected chi connectivity index (χ4v) is 3.00. The van der Waals surface area contributed by atoms with Gasteiger partial charge in [0.2, 0.25) is 0 Å². The predicted octanol–water partition coefficient (Wildman–Crippen LogP) is 2.53. The molecule has 1 aromatic carbocycles. The highest BCUT2D eigenvalue weighted by atomic mass is 16.5. The van der Waals surface area contributed by atoms with E-state index in [4.69, 9.17) is 14.6 Å². The van der Waals surface area contributed by atoms with Gasteiger partial charge in [-0.2, -0.15) is 0 Å². The summed E-state index contributed by atoms with van der Waals surface area (Å²) in [6, 6.07) is 5.70. The van der Waals surface area contributed by atoms with Crippen molar-refractivity contribution in [3.05, 3.63) is 23.8 Å². The molecule has 22 heavy (non-hydrogen) atoms. The van der Waals surface area contributed by atoms with E-state index in [0.717, 1.165) is 25.1 Å². The summed E-state index contributed by atoms with van der Waals surface area (Å²) in [4.78, 5) is 13.3. The largest absolute Gasteiger partial charge is 0.493 e. The number of hydrogen-bond donors (Lipinski definition) is 1. The van der Waals surface area contributed by atoms with Crippen LogP contribution in [0, 0.1) is 0 Å². The molecule has 0 aromatic heterocycles. The molecular formula is C17H25NO4. The van der Waals surface area contributed by atoms with Gasteiger partial charge in [0.15, 0.2) is 11.5 Å². The molecule has 0 amide bonds. The fourth-order valence-electron chi connectivity index (χ4n) is 3.00. The lowest BCUT2D eigenvalue weighted by Crippen LogP contribution is -2.24. The molecule has 0 saturated carbocycles. The molecule has 5 heteroatoms. The van der Waals surface area contributed by atoms with Crippen molar-refractivity contribution in [2.24, 2.45) is 0 Å². The lowest BCUT2D eigenvalue weighted by Gasteiger charge is -2.27. The summed E-state index contributed by atoms with van der Waals surface area (Å²) < 4.78 is 11.6. The van der Waals surface area contributed by atoms with E-state index in [-0.39, 0.29) is 12.5 Å². The average Bonchev–Trinajstić information content (AvgIpc) is 2.82. The highest BCUT2D eigenvalue weighted by Crippen LogP contribution is 2.40. The van der Waals surface area contributed by atoms with Gasteiger partial charge in [-0.05, 0) is 19.5 Å². The van der Waals surface area contributed by atoms with E-state index < -0.39 is 11.4 Å².